The predicted octanol–water partition coefficient (Wildman–Crippen LogP) is 4.67. The van der Waals surface area contributed by atoms with Crippen molar-refractivity contribution < 1.29 is 0 Å². The fourth-order valence-corrected chi connectivity index (χ4v) is 2.79. The molecule has 0 atom stereocenters. The van der Waals surface area contributed by atoms with Crippen LogP contribution in [0.5, 0.6) is 0 Å². The maximum Gasteiger partial charge on any atom is 0.0705 e. The molecule has 108 valence electrons. The normalized spacial score (nSPS) is 11.1. The van der Waals surface area contributed by atoms with E-state index in [0.717, 1.165) is 41.1 Å². The Kier molecular flexibility index (Phi) is 4.28. The van der Waals surface area contributed by atoms with E-state index < -0.39 is 0 Å². The Morgan fingerprint density at radius 2 is 1.67 bits per heavy atom. The van der Waals surface area contributed by atoms with E-state index >= 15 is 0 Å². The highest BCUT2D eigenvalue weighted by Gasteiger charge is 2.08. The van der Waals surface area contributed by atoms with Crippen LogP contribution in [-0.2, 0) is 19.5 Å². The Hall–Kier alpha value is -1.77. The average molecular weight is 299 g/mol. The highest BCUT2D eigenvalue weighted by atomic mass is 35.5. The van der Waals surface area contributed by atoms with Gasteiger partial charge in [-0.15, -0.1) is 0 Å². The summed E-state index contributed by atoms with van der Waals surface area (Å²) in [5, 5.41) is 5.35. The lowest BCUT2D eigenvalue weighted by Gasteiger charge is -2.05. The molecule has 1 heterocycles. The zero-order chi connectivity index (χ0) is 14.7. The van der Waals surface area contributed by atoms with Gasteiger partial charge in [0.2, 0.25) is 0 Å². The molecule has 0 spiro atoms. The molecule has 0 unspecified atom stereocenters. The fraction of sp³-hybridized carbons (Fsp3) is 0.222. The molecular formula is C18H19ClN2. The first-order valence-electron chi connectivity index (χ1n) is 7.31. The molecule has 1 aromatic heterocycles. The van der Waals surface area contributed by atoms with E-state index in [0.29, 0.717) is 0 Å². The van der Waals surface area contributed by atoms with Gasteiger partial charge in [0.25, 0.3) is 0 Å². The first-order chi connectivity index (χ1) is 10.3. The number of hydrogen-bond donors (Lipinski definition) is 2. The predicted molar refractivity (Wildman–Crippen MR) is 89.7 cm³/mol. The molecule has 0 saturated heterocycles. The van der Waals surface area contributed by atoms with Crippen LogP contribution in [0.2, 0.25) is 5.02 Å². The van der Waals surface area contributed by atoms with Gasteiger partial charge in [-0.3, -0.25) is 0 Å². The Labute approximate surface area is 130 Å². The van der Waals surface area contributed by atoms with Crippen LogP contribution in [0.15, 0.2) is 48.5 Å². The van der Waals surface area contributed by atoms with E-state index in [9.17, 15) is 0 Å². The molecule has 3 aromatic rings. The van der Waals surface area contributed by atoms with Crippen molar-refractivity contribution in [1.29, 1.82) is 0 Å². The number of aromatic nitrogens is 1. The highest BCUT2D eigenvalue weighted by molar-refractivity contribution is 6.36. The molecule has 2 nitrogen and oxygen atoms in total. The number of aryl methyl sites for hydroxylation is 1. The third-order valence-electron chi connectivity index (χ3n) is 3.78. The van der Waals surface area contributed by atoms with Gasteiger partial charge in [0.15, 0.2) is 0 Å². The molecule has 0 aliphatic rings. The summed E-state index contributed by atoms with van der Waals surface area (Å²) in [5.74, 6) is 0. The molecule has 0 fully saturated rings. The van der Waals surface area contributed by atoms with Crippen molar-refractivity contribution in [3.8, 4) is 0 Å². The molecule has 0 saturated carbocycles. The van der Waals surface area contributed by atoms with Crippen molar-refractivity contribution in [2.45, 2.75) is 26.4 Å². The van der Waals surface area contributed by atoms with Gasteiger partial charge in [-0.05, 0) is 23.6 Å². The summed E-state index contributed by atoms with van der Waals surface area (Å²) < 4.78 is 0. The largest absolute Gasteiger partial charge is 0.356 e. The molecular weight excluding hydrogens is 280 g/mol. The highest BCUT2D eigenvalue weighted by Crippen LogP contribution is 2.26. The lowest BCUT2D eigenvalue weighted by atomic mass is 10.1. The number of benzene rings is 2. The Bertz CT molecular complexity index is 729. The SMILES string of the molecule is CCc1ccc(CNCc2[nH]c3ccccc3c2Cl)cc1. The summed E-state index contributed by atoms with van der Waals surface area (Å²) in [6.45, 7) is 3.75. The van der Waals surface area contributed by atoms with E-state index in [1.165, 1.54) is 11.1 Å². The van der Waals surface area contributed by atoms with Gasteiger partial charge in [-0.2, -0.15) is 0 Å². The number of fused-ring (bicyclic) bond motifs is 1. The summed E-state index contributed by atoms with van der Waals surface area (Å²) in [5.41, 5.74) is 4.80. The fourth-order valence-electron chi connectivity index (χ4n) is 2.51. The number of nitrogens with one attached hydrogen (secondary N) is 2. The minimum atomic E-state index is 0.739. The van der Waals surface area contributed by atoms with Crippen LogP contribution < -0.4 is 5.32 Å². The minimum Gasteiger partial charge on any atom is -0.356 e. The van der Waals surface area contributed by atoms with Crippen LogP contribution in [0.3, 0.4) is 0 Å². The molecule has 0 bridgehead atoms. The molecule has 2 aromatic carbocycles. The molecule has 3 rings (SSSR count). The Balaban J connectivity index is 1.64. The van der Waals surface area contributed by atoms with E-state index in [-0.39, 0.29) is 0 Å². The van der Waals surface area contributed by atoms with Crippen molar-refractivity contribution >= 4 is 22.5 Å². The van der Waals surface area contributed by atoms with Gasteiger partial charge >= 0.3 is 0 Å². The molecule has 0 amide bonds. The van der Waals surface area contributed by atoms with Crippen LogP contribution in [0.4, 0.5) is 0 Å². The summed E-state index contributed by atoms with van der Waals surface area (Å²) >= 11 is 6.41. The van der Waals surface area contributed by atoms with E-state index in [2.05, 4.69) is 41.5 Å². The van der Waals surface area contributed by atoms with E-state index in [4.69, 9.17) is 11.6 Å². The van der Waals surface area contributed by atoms with Crippen LogP contribution in [0, 0.1) is 0 Å². The maximum atomic E-state index is 6.41. The van der Waals surface area contributed by atoms with Gasteiger partial charge < -0.3 is 10.3 Å². The van der Waals surface area contributed by atoms with Crippen LogP contribution in [0.1, 0.15) is 23.7 Å². The van der Waals surface area contributed by atoms with Gasteiger partial charge in [-0.25, -0.2) is 0 Å². The monoisotopic (exact) mass is 298 g/mol. The molecule has 0 radical (unpaired) electrons. The van der Waals surface area contributed by atoms with E-state index in [1.807, 2.05) is 24.3 Å². The summed E-state index contributed by atoms with van der Waals surface area (Å²) in [6.07, 6.45) is 1.08. The molecule has 0 aliphatic heterocycles. The second kappa shape index (κ2) is 6.33. The summed E-state index contributed by atoms with van der Waals surface area (Å²) in [4.78, 5) is 3.37. The smallest absolute Gasteiger partial charge is 0.0705 e. The number of rotatable bonds is 5. The lowest BCUT2D eigenvalue weighted by Crippen LogP contribution is -2.13. The quantitative estimate of drug-likeness (QED) is 0.703. The molecule has 3 heteroatoms. The number of aromatic amines is 1. The van der Waals surface area contributed by atoms with Crippen LogP contribution in [0.25, 0.3) is 10.9 Å². The summed E-state index contributed by atoms with van der Waals surface area (Å²) in [6, 6.07) is 16.8. The average Bonchev–Trinajstić information content (AvgIpc) is 2.85. The maximum absolute atomic E-state index is 6.41. The standard InChI is InChI=1S/C18H19ClN2/c1-2-13-7-9-14(10-8-13)11-20-12-17-18(19)15-5-3-4-6-16(15)21-17/h3-10,20-21H,2,11-12H2,1H3. The molecule has 21 heavy (non-hydrogen) atoms. The van der Waals surface area contributed by atoms with Gasteiger partial charge in [0.05, 0.1) is 5.02 Å². The first-order valence-corrected chi connectivity index (χ1v) is 7.69. The second-order valence-electron chi connectivity index (χ2n) is 5.24. The second-order valence-corrected chi connectivity index (χ2v) is 5.61. The Morgan fingerprint density at radius 3 is 2.38 bits per heavy atom. The number of halogens is 1. The topological polar surface area (TPSA) is 27.8 Å². The number of para-hydroxylation sites is 1. The molecule has 0 aliphatic carbocycles. The zero-order valence-electron chi connectivity index (χ0n) is 12.1. The molecule has 2 N–H and O–H groups in total. The van der Waals surface area contributed by atoms with Gasteiger partial charge in [-0.1, -0.05) is 61.0 Å². The van der Waals surface area contributed by atoms with Crippen LogP contribution in [-0.4, -0.2) is 4.98 Å². The third-order valence-corrected chi connectivity index (χ3v) is 4.21. The van der Waals surface area contributed by atoms with Crippen LogP contribution >= 0.6 is 11.6 Å². The van der Waals surface area contributed by atoms with Gasteiger partial charge in [0, 0.05) is 29.7 Å². The zero-order valence-corrected chi connectivity index (χ0v) is 12.9. The third kappa shape index (κ3) is 3.12. The first kappa shape index (κ1) is 14.2. The lowest BCUT2D eigenvalue weighted by molar-refractivity contribution is 0.683. The van der Waals surface area contributed by atoms with Crippen molar-refractivity contribution in [2.24, 2.45) is 0 Å². The van der Waals surface area contributed by atoms with E-state index in [1.54, 1.807) is 0 Å². The van der Waals surface area contributed by atoms with Crippen molar-refractivity contribution in [3.05, 3.63) is 70.4 Å². The van der Waals surface area contributed by atoms with Crippen molar-refractivity contribution in [1.82, 2.24) is 10.3 Å². The van der Waals surface area contributed by atoms with Gasteiger partial charge in [0.1, 0.15) is 0 Å². The number of hydrogen-bond acceptors (Lipinski definition) is 1. The van der Waals surface area contributed by atoms with Crippen molar-refractivity contribution in [2.75, 3.05) is 0 Å². The summed E-state index contributed by atoms with van der Waals surface area (Å²) in [7, 11) is 0. The van der Waals surface area contributed by atoms with Crippen molar-refractivity contribution in [3.63, 3.8) is 0 Å². The number of H-pyrrole nitrogens is 1. The minimum absolute atomic E-state index is 0.739. The Morgan fingerprint density at radius 1 is 0.952 bits per heavy atom.